The highest BCUT2D eigenvalue weighted by Gasteiger charge is 2.12. The van der Waals surface area contributed by atoms with Gasteiger partial charge in [0.1, 0.15) is 0 Å². The van der Waals surface area contributed by atoms with Gasteiger partial charge in [0.2, 0.25) is 0 Å². The molecule has 0 saturated heterocycles. The van der Waals surface area contributed by atoms with Gasteiger partial charge in [-0.05, 0) is 12.5 Å². The number of hydrogen-bond donors (Lipinski definition) is 1. The summed E-state index contributed by atoms with van der Waals surface area (Å²) in [6.07, 6.45) is 0.110. The SMILES string of the molecule is Cc1c(CSCCC(=O)O)cccc1[N+](=O)[O-]. The summed E-state index contributed by atoms with van der Waals surface area (Å²) in [5.41, 5.74) is 1.65. The first-order valence-electron chi connectivity index (χ1n) is 5.04. The number of carboxylic acids is 1. The molecule has 1 aromatic carbocycles. The van der Waals surface area contributed by atoms with Crippen LogP contribution in [0, 0.1) is 17.0 Å². The van der Waals surface area contributed by atoms with Gasteiger partial charge in [-0.2, -0.15) is 11.8 Å². The van der Waals surface area contributed by atoms with Crippen molar-refractivity contribution in [1.29, 1.82) is 0 Å². The maximum atomic E-state index is 10.7. The van der Waals surface area contributed by atoms with Gasteiger partial charge in [0.05, 0.1) is 11.3 Å². The Morgan fingerprint density at radius 3 is 2.82 bits per heavy atom. The fourth-order valence-corrected chi connectivity index (χ4v) is 2.36. The maximum Gasteiger partial charge on any atom is 0.304 e. The highest BCUT2D eigenvalue weighted by atomic mass is 32.2. The van der Waals surface area contributed by atoms with E-state index in [0.717, 1.165) is 5.56 Å². The van der Waals surface area contributed by atoms with Crippen molar-refractivity contribution < 1.29 is 14.8 Å². The lowest BCUT2D eigenvalue weighted by molar-refractivity contribution is -0.385. The lowest BCUT2D eigenvalue weighted by Crippen LogP contribution is -1.98. The van der Waals surface area contributed by atoms with Crippen LogP contribution < -0.4 is 0 Å². The number of carbonyl (C=O) groups is 1. The highest BCUT2D eigenvalue weighted by molar-refractivity contribution is 7.98. The lowest BCUT2D eigenvalue weighted by Gasteiger charge is -2.05. The zero-order valence-electron chi connectivity index (χ0n) is 9.38. The highest BCUT2D eigenvalue weighted by Crippen LogP contribution is 2.24. The van der Waals surface area contributed by atoms with Crippen molar-refractivity contribution in [2.45, 2.75) is 19.1 Å². The maximum absolute atomic E-state index is 10.7. The third-order valence-corrected chi connectivity index (χ3v) is 3.34. The average Bonchev–Trinajstić information content (AvgIpc) is 2.25. The Hall–Kier alpha value is -1.56. The summed E-state index contributed by atoms with van der Waals surface area (Å²) in [5.74, 6) is 0.284. The van der Waals surface area contributed by atoms with Gasteiger partial charge in [0.25, 0.3) is 5.69 Å². The van der Waals surface area contributed by atoms with Gasteiger partial charge in [-0.15, -0.1) is 0 Å². The predicted octanol–water partition coefficient (Wildman–Crippen LogP) is 2.61. The Kier molecular flexibility index (Phi) is 4.96. The zero-order valence-corrected chi connectivity index (χ0v) is 10.2. The Morgan fingerprint density at radius 2 is 2.24 bits per heavy atom. The van der Waals surface area contributed by atoms with Crippen LogP contribution in [0.2, 0.25) is 0 Å². The number of carboxylic acid groups (broad SMARTS) is 1. The topological polar surface area (TPSA) is 80.4 Å². The number of nitro benzene ring substituents is 1. The van der Waals surface area contributed by atoms with Crippen molar-refractivity contribution >= 4 is 23.4 Å². The first kappa shape index (κ1) is 13.5. The van der Waals surface area contributed by atoms with Gasteiger partial charge in [-0.3, -0.25) is 14.9 Å². The predicted molar refractivity (Wildman–Crippen MR) is 66.2 cm³/mol. The smallest absolute Gasteiger partial charge is 0.304 e. The molecule has 0 aliphatic heterocycles. The van der Waals surface area contributed by atoms with Crippen molar-refractivity contribution in [1.82, 2.24) is 0 Å². The average molecular weight is 255 g/mol. The van der Waals surface area contributed by atoms with E-state index in [-0.39, 0.29) is 12.1 Å². The van der Waals surface area contributed by atoms with Crippen LogP contribution in [-0.2, 0) is 10.5 Å². The van der Waals surface area contributed by atoms with Gasteiger partial charge in [-0.25, -0.2) is 0 Å². The number of benzene rings is 1. The zero-order chi connectivity index (χ0) is 12.8. The van der Waals surface area contributed by atoms with Crippen LogP contribution in [0.25, 0.3) is 0 Å². The Bertz CT molecular complexity index is 433. The molecule has 1 rings (SSSR count). The Balaban J connectivity index is 2.62. The standard InChI is InChI=1S/C11H13NO4S/c1-8-9(7-17-6-5-11(13)14)3-2-4-10(8)12(15)16/h2-4H,5-7H2,1H3,(H,13,14). The van der Waals surface area contributed by atoms with Crippen molar-refractivity contribution in [3.63, 3.8) is 0 Å². The van der Waals surface area contributed by atoms with Crippen molar-refractivity contribution in [3.8, 4) is 0 Å². The summed E-state index contributed by atoms with van der Waals surface area (Å²) in [5, 5.41) is 19.2. The molecule has 6 heteroatoms. The van der Waals surface area contributed by atoms with E-state index in [1.165, 1.54) is 17.8 Å². The summed E-state index contributed by atoms with van der Waals surface area (Å²) in [6, 6.07) is 4.95. The number of aliphatic carboxylic acids is 1. The van der Waals surface area contributed by atoms with Gasteiger partial charge >= 0.3 is 5.97 Å². The summed E-state index contributed by atoms with van der Waals surface area (Å²) in [4.78, 5) is 20.6. The van der Waals surface area contributed by atoms with Crippen LogP contribution in [-0.4, -0.2) is 21.8 Å². The normalized spacial score (nSPS) is 10.2. The first-order chi connectivity index (χ1) is 8.02. The van der Waals surface area contributed by atoms with Crippen LogP contribution in [0.5, 0.6) is 0 Å². The van der Waals surface area contributed by atoms with Crippen LogP contribution in [0.3, 0.4) is 0 Å². The number of rotatable bonds is 6. The molecule has 0 spiro atoms. The molecular formula is C11H13NO4S. The molecule has 0 aliphatic carbocycles. The van der Waals surface area contributed by atoms with E-state index in [0.29, 0.717) is 17.1 Å². The molecule has 1 N–H and O–H groups in total. The summed E-state index contributed by atoms with van der Waals surface area (Å²) in [7, 11) is 0. The minimum absolute atomic E-state index is 0.110. The van der Waals surface area contributed by atoms with Crippen LogP contribution in [0.15, 0.2) is 18.2 Å². The summed E-state index contributed by atoms with van der Waals surface area (Å²) < 4.78 is 0. The third-order valence-electron chi connectivity index (χ3n) is 2.33. The second kappa shape index (κ2) is 6.24. The largest absolute Gasteiger partial charge is 0.481 e. The molecule has 0 bridgehead atoms. The van der Waals surface area contributed by atoms with Crippen molar-refractivity contribution in [3.05, 3.63) is 39.4 Å². The van der Waals surface area contributed by atoms with Crippen LogP contribution in [0.4, 0.5) is 5.69 Å². The molecular weight excluding hydrogens is 242 g/mol. The van der Waals surface area contributed by atoms with E-state index in [2.05, 4.69) is 0 Å². The molecule has 0 unspecified atom stereocenters. The van der Waals surface area contributed by atoms with E-state index < -0.39 is 10.9 Å². The molecule has 0 aliphatic rings. The number of hydrogen-bond acceptors (Lipinski definition) is 4. The summed E-state index contributed by atoms with van der Waals surface area (Å²) >= 11 is 1.47. The second-order valence-corrected chi connectivity index (χ2v) is 4.62. The molecule has 5 nitrogen and oxygen atoms in total. The first-order valence-corrected chi connectivity index (χ1v) is 6.20. The van der Waals surface area contributed by atoms with Gasteiger partial charge < -0.3 is 5.11 Å². The van der Waals surface area contributed by atoms with E-state index in [4.69, 9.17) is 5.11 Å². The third kappa shape index (κ3) is 4.07. The molecule has 92 valence electrons. The molecule has 0 atom stereocenters. The number of nitro groups is 1. The molecule has 0 fully saturated rings. The molecule has 0 amide bonds. The van der Waals surface area contributed by atoms with E-state index in [1.807, 2.05) is 6.07 Å². The number of nitrogens with zero attached hydrogens (tertiary/aromatic N) is 1. The fourth-order valence-electron chi connectivity index (χ4n) is 1.37. The fraction of sp³-hybridized carbons (Fsp3) is 0.364. The molecule has 0 saturated carbocycles. The van der Waals surface area contributed by atoms with Crippen molar-refractivity contribution in [2.75, 3.05) is 5.75 Å². The van der Waals surface area contributed by atoms with Gasteiger partial charge in [0, 0.05) is 23.1 Å². The quantitative estimate of drug-likeness (QED) is 0.480. The minimum atomic E-state index is -0.826. The Labute approximate surface area is 103 Å². The summed E-state index contributed by atoms with van der Waals surface area (Å²) in [6.45, 7) is 1.71. The van der Waals surface area contributed by atoms with E-state index in [9.17, 15) is 14.9 Å². The van der Waals surface area contributed by atoms with Gasteiger partial charge in [-0.1, -0.05) is 12.1 Å². The van der Waals surface area contributed by atoms with Gasteiger partial charge in [0.15, 0.2) is 0 Å². The second-order valence-electron chi connectivity index (χ2n) is 3.51. The molecule has 0 aromatic heterocycles. The Morgan fingerprint density at radius 1 is 1.53 bits per heavy atom. The lowest BCUT2D eigenvalue weighted by atomic mass is 10.1. The van der Waals surface area contributed by atoms with E-state index in [1.54, 1.807) is 13.0 Å². The molecule has 0 radical (unpaired) electrons. The molecule has 17 heavy (non-hydrogen) atoms. The van der Waals surface area contributed by atoms with Crippen molar-refractivity contribution in [2.24, 2.45) is 0 Å². The van der Waals surface area contributed by atoms with E-state index >= 15 is 0 Å². The monoisotopic (exact) mass is 255 g/mol. The van der Waals surface area contributed by atoms with Crippen LogP contribution in [0.1, 0.15) is 17.5 Å². The number of thioether (sulfide) groups is 1. The molecule has 1 aromatic rings. The minimum Gasteiger partial charge on any atom is -0.481 e. The van der Waals surface area contributed by atoms with Crippen LogP contribution >= 0.6 is 11.8 Å². The molecule has 0 heterocycles.